The molecule has 0 aliphatic carbocycles. The number of rotatable bonds is 7. The molecule has 5 nitrogen and oxygen atoms in total. The van der Waals surface area contributed by atoms with Crippen LogP contribution in [0.1, 0.15) is 12.1 Å². The number of aromatic nitrogens is 2. The number of nitrogens with zero attached hydrogens (tertiary/aromatic N) is 2. The fourth-order valence-corrected chi connectivity index (χ4v) is 2.20. The third-order valence-corrected chi connectivity index (χ3v) is 3.26. The summed E-state index contributed by atoms with van der Waals surface area (Å²) in [6.07, 6.45) is 4.66. The smallest absolute Gasteiger partial charge is 0.179 e. The SMILES string of the molecule is NCc1cn2cccc(OCCCOc3ccccc3)c2n1. The molecule has 2 N–H and O–H groups in total. The molecule has 0 amide bonds. The summed E-state index contributed by atoms with van der Waals surface area (Å²) < 4.78 is 13.4. The molecule has 0 saturated carbocycles. The zero-order chi connectivity index (χ0) is 15.2. The van der Waals surface area contributed by atoms with Gasteiger partial charge in [0.25, 0.3) is 0 Å². The number of imidazole rings is 1. The van der Waals surface area contributed by atoms with Crippen molar-refractivity contribution in [1.29, 1.82) is 0 Å². The second-order valence-corrected chi connectivity index (χ2v) is 4.90. The molecule has 114 valence electrons. The predicted octanol–water partition coefficient (Wildman–Crippen LogP) is 2.64. The van der Waals surface area contributed by atoms with Crippen LogP contribution in [0.4, 0.5) is 0 Å². The van der Waals surface area contributed by atoms with Crippen LogP contribution >= 0.6 is 0 Å². The van der Waals surface area contributed by atoms with Gasteiger partial charge in [0.2, 0.25) is 0 Å². The molecule has 3 aromatic rings. The monoisotopic (exact) mass is 297 g/mol. The van der Waals surface area contributed by atoms with Crippen LogP contribution in [0.15, 0.2) is 54.9 Å². The maximum absolute atomic E-state index is 5.81. The van der Waals surface area contributed by atoms with Gasteiger partial charge in [-0.2, -0.15) is 0 Å². The van der Waals surface area contributed by atoms with Crippen LogP contribution in [0.25, 0.3) is 5.65 Å². The van der Waals surface area contributed by atoms with Crippen molar-refractivity contribution in [1.82, 2.24) is 9.38 Å². The molecule has 22 heavy (non-hydrogen) atoms. The van der Waals surface area contributed by atoms with Gasteiger partial charge >= 0.3 is 0 Å². The first-order valence-electron chi connectivity index (χ1n) is 7.34. The van der Waals surface area contributed by atoms with Crippen LogP contribution in [0, 0.1) is 0 Å². The molecular weight excluding hydrogens is 278 g/mol. The highest BCUT2D eigenvalue weighted by atomic mass is 16.5. The van der Waals surface area contributed by atoms with Crippen LogP contribution in [-0.2, 0) is 6.54 Å². The average Bonchev–Trinajstić information content (AvgIpc) is 2.99. The fourth-order valence-electron chi connectivity index (χ4n) is 2.20. The Morgan fingerprint density at radius 3 is 2.64 bits per heavy atom. The molecule has 0 spiro atoms. The van der Waals surface area contributed by atoms with Gasteiger partial charge in [0, 0.05) is 25.4 Å². The molecule has 0 bridgehead atoms. The average molecular weight is 297 g/mol. The summed E-state index contributed by atoms with van der Waals surface area (Å²) in [5.41, 5.74) is 7.27. The Balaban J connectivity index is 1.52. The standard InChI is InChI=1S/C17H19N3O2/c18-12-14-13-20-9-4-8-16(17(20)19-14)22-11-5-10-21-15-6-2-1-3-7-15/h1-4,6-9,13H,5,10-12,18H2. The van der Waals surface area contributed by atoms with E-state index in [9.17, 15) is 0 Å². The Hall–Kier alpha value is -2.53. The van der Waals surface area contributed by atoms with E-state index in [1.807, 2.05) is 59.3 Å². The number of nitrogens with two attached hydrogens (primary N) is 1. The van der Waals surface area contributed by atoms with E-state index < -0.39 is 0 Å². The van der Waals surface area contributed by atoms with Gasteiger partial charge in [0.1, 0.15) is 5.75 Å². The minimum absolute atomic E-state index is 0.423. The summed E-state index contributed by atoms with van der Waals surface area (Å²) in [5.74, 6) is 1.65. The van der Waals surface area contributed by atoms with Gasteiger partial charge in [-0.05, 0) is 24.3 Å². The van der Waals surface area contributed by atoms with Crippen molar-refractivity contribution in [2.75, 3.05) is 13.2 Å². The van der Waals surface area contributed by atoms with Crippen LogP contribution < -0.4 is 15.2 Å². The van der Waals surface area contributed by atoms with E-state index in [1.54, 1.807) is 0 Å². The highest BCUT2D eigenvalue weighted by Crippen LogP contribution is 2.19. The van der Waals surface area contributed by atoms with E-state index in [2.05, 4.69) is 4.98 Å². The van der Waals surface area contributed by atoms with Crippen LogP contribution in [0.5, 0.6) is 11.5 Å². The molecule has 2 aromatic heterocycles. The van der Waals surface area contributed by atoms with E-state index in [1.165, 1.54) is 0 Å². The normalized spacial score (nSPS) is 10.8. The zero-order valence-electron chi connectivity index (χ0n) is 12.3. The fraction of sp³-hybridized carbons (Fsp3) is 0.235. The minimum Gasteiger partial charge on any atom is -0.493 e. The Kier molecular flexibility index (Phi) is 4.56. The summed E-state index contributed by atoms with van der Waals surface area (Å²) in [6.45, 7) is 1.62. The lowest BCUT2D eigenvalue weighted by Gasteiger charge is -2.08. The van der Waals surface area contributed by atoms with Crippen LogP contribution in [0.3, 0.4) is 0 Å². The molecule has 3 rings (SSSR count). The molecule has 1 aromatic carbocycles. The largest absolute Gasteiger partial charge is 0.493 e. The van der Waals surface area contributed by atoms with Gasteiger partial charge in [-0.1, -0.05) is 18.2 Å². The lowest BCUT2D eigenvalue weighted by atomic mass is 10.3. The van der Waals surface area contributed by atoms with Gasteiger partial charge in [-0.25, -0.2) is 4.98 Å². The van der Waals surface area contributed by atoms with Gasteiger partial charge in [-0.3, -0.25) is 0 Å². The van der Waals surface area contributed by atoms with Crippen molar-refractivity contribution in [3.8, 4) is 11.5 Å². The number of ether oxygens (including phenoxy) is 2. The summed E-state index contributed by atoms with van der Waals surface area (Å²) in [4.78, 5) is 4.46. The minimum atomic E-state index is 0.423. The molecule has 0 saturated heterocycles. The van der Waals surface area contributed by atoms with E-state index >= 15 is 0 Å². The van der Waals surface area contributed by atoms with Crippen molar-refractivity contribution < 1.29 is 9.47 Å². The lowest BCUT2D eigenvalue weighted by Crippen LogP contribution is -2.05. The van der Waals surface area contributed by atoms with Crippen molar-refractivity contribution >= 4 is 5.65 Å². The Morgan fingerprint density at radius 2 is 1.82 bits per heavy atom. The summed E-state index contributed by atoms with van der Waals surface area (Å²) >= 11 is 0. The Morgan fingerprint density at radius 1 is 1.00 bits per heavy atom. The first-order valence-corrected chi connectivity index (χ1v) is 7.34. The van der Waals surface area contributed by atoms with E-state index in [-0.39, 0.29) is 0 Å². The zero-order valence-corrected chi connectivity index (χ0v) is 12.3. The first-order chi connectivity index (χ1) is 10.9. The molecule has 0 aliphatic heterocycles. The van der Waals surface area contributed by atoms with Crippen LogP contribution in [-0.4, -0.2) is 22.6 Å². The molecule has 2 heterocycles. The number of para-hydroxylation sites is 1. The Bertz CT molecular complexity index is 725. The van der Waals surface area contributed by atoms with Gasteiger partial charge in [-0.15, -0.1) is 0 Å². The number of hydrogen-bond donors (Lipinski definition) is 1. The molecule has 5 heteroatoms. The summed E-state index contributed by atoms with van der Waals surface area (Å²) in [5, 5.41) is 0. The number of benzene rings is 1. The maximum Gasteiger partial charge on any atom is 0.179 e. The molecule has 0 fully saturated rings. The van der Waals surface area contributed by atoms with Gasteiger partial charge in [0.15, 0.2) is 11.4 Å². The second kappa shape index (κ2) is 6.95. The quantitative estimate of drug-likeness (QED) is 0.681. The third-order valence-electron chi connectivity index (χ3n) is 3.26. The first kappa shape index (κ1) is 14.4. The number of fused-ring (bicyclic) bond motifs is 1. The molecule has 0 atom stereocenters. The van der Waals surface area contributed by atoms with Crippen molar-refractivity contribution in [3.63, 3.8) is 0 Å². The van der Waals surface area contributed by atoms with Gasteiger partial charge < -0.3 is 19.6 Å². The van der Waals surface area contributed by atoms with E-state index in [0.717, 1.165) is 29.3 Å². The summed E-state index contributed by atoms with van der Waals surface area (Å²) in [6, 6.07) is 13.6. The molecule has 0 radical (unpaired) electrons. The lowest BCUT2D eigenvalue weighted by molar-refractivity contribution is 0.248. The third kappa shape index (κ3) is 3.38. The summed E-state index contributed by atoms with van der Waals surface area (Å²) in [7, 11) is 0. The highest BCUT2D eigenvalue weighted by molar-refractivity contribution is 5.54. The molecule has 0 aliphatic rings. The molecular formula is C17H19N3O2. The second-order valence-electron chi connectivity index (χ2n) is 4.90. The van der Waals surface area contributed by atoms with Crippen molar-refractivity contribution in [2.24, 2.45) is 5.73 Å². The van der Waals surface area contributed by atoms with Crippen LogP contribution in [0.2, 0.25) is 0 Å². The predicted molar refractivity (Wildman–Crippen MR) is 85.1 cm³/mol. The van der Waals surface area contributed by atoms with Gasteiger partial charge in [0.05, 0.1) is 18.9 Å². The maximum atomic E-state index is 5.81. The van der Waals surface area contributed by atoms with Crippen molar-refractivity contribution in [3.05, 3.63) is 60.6 Å². The van der Waals surface area contributed by atoms with E-state index in [0.29, 0.717) is 19.8 Å². The topological polar surface area (TPSA) is 61.8 Å². The number of hydrogen-bond acceptors (Lipinski definition) is 4. The Labute approximate surface area is 129 Å². The van der Waals surface area contributed by atoms with E-state index in [4.69, 9.17) is 15.2 Å². The van der Waals surface area contributed by atoms with Crippen molar-refractivity contribution in [2.45, 2.75) is 13.0 Å². The highest BCUT2D eigenvalue weighted by Gasteiger charge is 2.06. The molecule has 0 unspecified atom stereocenters. The number of pyridine rings is 1.